The first-order valence-corrected chi connectivity index (χ1v) is 11.5. The van der Waals surface area contributed by atoms with Crippen LogP contribution >= 0.6 is 23.4 Å². The van der Waals surface area contributed by atoms with Gasteiger partial charge in [-0.3, -0.25) is 9.59 Å². The van der Waals surface area contributed by atoms with Crippen molar-refractivity contribution in [3.05, 3.63) is 63.6 Å². The predicted octanol–water partition coefficient (Wildman–Crippen LogP) is 3.86. The zero-order valence-corrected chi connectivity index (χ0v) is 18.2. The minimum Gasteiger partial charge on any atom is -0.352 e. The van der Waals surface area contributed by atoms with Crippen molar-refractivity contribution in [3.63, 3.8) is 0 Å². The third-order valence-corrected chi connectivity index (χ3v) is 6.72. The summed E-state index contributed by atoms with van der Waals surface area (Å²) in [5, 5.41) is 3.53. The summed E-state index contributed by atoms with van der Waals surface area (Å²) < 4.78 is 0. The summed E-state index contributed by atoms with van der Waals surface area (Å²) in [6.45, 7) is 4.01. The minimum absolute atomic E-state index is 0.0696. The Morgan fingerprint density at radius 3 is 2.97 bits per heavy atom. The van der Waals surface area contributed by atoms with Crippen molar-refractivity contribution >= 4 is 47.0 Å². The van der Waals surface area contributed by atoms with E-state index in [0.29, 0.717) is 27.8 Å². The van der Waals surface area contributed by atoms with Crippen LogP contribution in [0.4, 0.5) is 0 Å². The van der Waals surface area contributed by atoms with Crippen LogP contribution < -0.4 is 5.32 Å². The van der Waals surface area contributed by atoms with E-state index in [-0.39, 0.29) is 17.1 Å². The van der Waals surface area contributed by atoms with Crippen molar-refractivity contribution in [1.82, 2.24) is 10.2 Å². The zero-order valence-electron chi connectivity index (χ0n) is 16.6. The van der Waals surface area contributed by atoms with Gasteiger partial charge in [0, 0.05) is 17.1 Å². The van der Waals surface area contributed by atoms with Crippen LogP contribution in [0.5, 0.6) is 0 Å². The van der Waals surface area contributed by atoms with E-state index in [0.717, 1.165) is 18.5 Å². The van der Waals surface area contributed by atoms with Gasteiger partial charge < -0.3 is 10.2 Å². The number of allylic oxidation sites excluding steroid dienone is 1. The van der Waals surface area contributed by atoms with Crippen LogP contribution in [0.3, 0.4) is 0 Å². The fraction of sp³-hybridized carbons (Fsp3) is 0.348. The molecule has 1 atom stereocenters. The summed E-state index contributed by atoms with van der Waals surface area (Å²) in [5.41, 5.74) is 2.03. The van der Waals surface area contributed by atoms with Gasteiger partial charge in [0.2, 0.25) is 0 Å². The molecule has 7 heteroatoms. The molecule has 30 heavy (non-hydrogen) atoms. The van der Waals surface area contributed by atoms with Crippen molar-refractivity contribution in [2.45, 2.75) is 24.5 Å². The molecule has 5 nitrogen and oxygen atoms in total. The fourth-order valence-electron chi connectivity index (χ4n) is 3.73. The molecule has 4 rings (SSSR count). The van der Waals surface area contributed by atoms with Gasteiger partial charge in [0.15, 0.2) is 0 Å². The average molecular weight is 442 g/mol. The fourth-order valence-corrected chi connectivity index (χ4v) is 4.95. The molecule has 0 spiro atoms. The molecule has 2 heterocycles. The molecule has 0 radical (unpaired) electrons. The molecular formula is C23H24ClN3O2S. The molecule has 1 fully saturated rings. The molecule has 2 amide bonds. The van der Waals surface area contributed by atoms with Gasteiger partial charge in [0.25, 0.3) is 11.8 Å². The Balaban J connectivity index is 1.36. The number of hydrogen-bond acceptors (Lipinski definition) is 4. The van der Waals surface area contributed by atoms with Gasteiger partial charge in [0.05, 0.1) is 15.9 Å². The van der Waals surface area contributed by atoms with Crippen molar-refractivity contribution in [2.24, 2.45) is 4.99 Å². The van der Waals surface area contributed by atoms with Crippen molar-refractivity contribution in [1.29, 1.82) is 0 Å². The summed E-state index contributed by atoms with van der Waals surface area (Å²) in [6, 6.07) is 7.35. The van der Waals surface area contributed by atoms with Crippen LogP contribution in [0.1, 0.15) is 24.8 Å². The highest BCUT2D eigenvalue weighted by atomic mass is 35.5. The maximum absolute atomic E-state index is 12.5. The van der Waals surface area contributed by atoms with Crippen LogP contribution in [-0.2, 0) is 9.59 Å². The van der Waals surface area contributed by atoms with E-state index in [4.69, 9.17) is 11.6 Å². The summed E-state index contributed by atoms with van der Waals surface area (Å²) in [4.78, 5) is 32.2. The van der Waals surface area contributed by atoms with E-state index in [2.05, 4.69) is 15.2 Å². The topological polar surface area (TPSA) is 61.8 Å². The van der Waals surface area contributed by atoms with Crippen LogP contribution in [0, 0.1) is 0 Å². The Hall–Kier alpha value is -2.15. The number of halogens is 1. The van der Waals surface area contributed by atoms with E-state index in [1.54, 1.807) is 18.2 Å². The van der Waals surface area contributed by atoms with Crippen LogP contribution in [0.25, 0.3) is 6.08 Å². The first-order valence-electron chi connectivity index (χ1n) is 10.3. The van der Waals surface area contributed by atoms with Gasteiger partial charge in [-0.05, 0) is 68.7 Å². The third kappa shape index (κ3) is 5.31. The number of nitrogens with one attached hydrogen (secondary N) is 1. The number of likely N-dealkylation sites (tertiary alicyclic amines) is 1. The lowest BCUT2D eigenvalue weighted by molar-refractivity contribution is -0.117. The average Bonchev–Trinajstić information content (AvgIpc) is 3.25. The quantitative estimate of drug-likeness (QED) is 0.537. The number of fused-ring (bicyclic) bond motifs is 1. The number of nitrogens with zero attached hydrogens (tertiary/aromatic N) is 2. The number of hydrogen-bond donors (Lipinski definition) is 1. The lowest BCUT2D eigenvalue weighted by Crippen LogP contribution is -2.31. The number of aliphatic imine (C=N–C) groups is 1. The minimum atomic E-state index is -0.289. The van der Waals surface area contributed by atoms with Gasteiger partial charge in [-0.2, -0.15) is 0 Å². The third-order valence-electron chi connectivity index (χ3n) is 5.28. The van der Waals surface area contributed by atoms with E-state index in [1.807, 2.05) is 30.4 Å². The summed E-state index contributed by atoms with van der Waals surface area (Å²) in [6.07, 6.45) is 10.8. The van der Waals surface area contributed by atoms with Gasteiger partial charge in [0.1, 0.15) is 0 Å². The molecule has 0 bridgehead atoms. The van der Waals surface area contributed by atoms with Gasteiger partial charge in [-0.15, -0.1) is 11.8 Å². The van der Waals surface area contributed by atoms with Crippen molar-refractivity contribution < 1.29 is 9.59 Å². The Bertz CT molecular complexity index is 961. The number of amides is 2. The molecule has 0 aromatic heterocycles. The van der Waals surface area contributed by atoms with Gasteiger partial charge >= 0.3 is 0 Å². The highest BCUT2D eigenvalue weighted by molar-refractivity contribution is 8.05. The number of thioether (sulfide) groups is 1. The van der Waals surface area contributed by atoms with Gasteiger partial charge in [-0.1, -0.05) is 35.9 Å². The molecule has 156 valence electrons. The molecule has 1 N–H and O–H groups in total. The zero-order chi connectivity index (χ0) is 20.9. The second kappa shape index (κ2) is 9.77. The number of rotatable bonds is 6. The largest absolute Gasteiger partial charge is 0.352 e. The Morgan fingerprint density at radius 1 is 1.33 bits per heavy atom. The smallest absolute Gasteiger partial charge is 0.283 e. The lowest BCUT2D eigenvalue weighted by Gasteiger charge is -2.22. The van der Waals surface area contributed by atoms with Gasteiger partial charge in [-0.25, -0.2) is 4.99 Å². The van der Waals surface area contributed by atoms with E-state index in [1.165, 1.54) is 37.7 Å². The normalized spacial score (nSPS) is 22.6. The van der Waals surface area contributed by atoms with Crippen molar-refractivity contribution in [2.75, 3.05) is 26.2 Å². The molecule has 1 unspecified atom stereocenters. The molecule has 1 aromatic carbocycles. The standard InChI is InChI=1S/C23H24ClN3O2S/c24-18-6-3-5-16(13-18)14-21-23(29)26-19-15-17(7-8-20(19)30-21)22(28)25-9-4-12-27-10-1-2-11-27/h3,5-8,13-15,20H,1-2,4,9-12H2,(H,25,28)/b21-14+. The molecule has 2 aliphatic heterocycles. The predicted molar refractivity (Wildman–Crippen MR) is 124 cm³/mol. The second-order valence-corrected chi connectivity index (χ2v) is 9.18. The van der Waals surface area contributed by atoms with E-state index < -0.39 is 0 Å². The van der Waals surface area contributed by atoms with E-state index >= 15 is 0 Å². The lowest BCUT2D eigenvalue weighted by atomic mass is 10.0. The molecule has 1 aromatic rings. The molecule has 1 saturated heterocycles. The van der Waals surface area contributed by atoms with Crippen LogP contribution in [0.15, 0.2) is 58.0 Å². The van der Waals surface area contributed by atoms with Crippen LogP contribution in [0.2, 0.25) is 5.02 Å². The highest BCUT2D eigenvalue weighted by Gasteiger charge is 2.28. The molecule has 1 aliphatic carbocycles. The maximum atomic E-state index is 12.5. The monoisotopic (exact) mass is 441 g/mol. The Kier molecular flexibility index (Phi) is 6.87. The summed E-state index contributed by atoms with van der Waals surface area (Å²) in [5.74, 6) is -0.408. The first-order chi connectivity index (χ1) is 14.6. The van der Waals surface area contributed by atoms with Crippen molar-refractivity contribution in [3.8, 4) is 0 Å². The SMILES string of the molecule is O=C(NCCCN1CCCC1)C1=CC2=NC(=O)/C(=C\c3cccc(Cl)c3)SC2C=C1. The Morgan fingerprint density at radius 2 is 2.17 bits per heavy atom. The summed E-state index contributed by atoms with van der Waals surface area (Å²) >= 11 is 7.47. The maximum Gasteiger partial charge on any atom is 0.283 e. The number of carbonyl (C=O) groups is 2. The molecule has 0 saturated carbocycles. The summed E-state index contributed by atoms with van der Waals surface area (Å²) in [7, 11) is 0. The highest BCUT2D eigenvalue weighted by Crippen LogP contribution is 2.34. The second-order valence-electron chi connectivity index (χ2n) is 7.56. The first kappa shape index (κ1) is 21.1. The number of carbonyl (C=O) groups excluding carboxylic acids is 2. The molecular weight excluding hydrogens is 418 g/mol. The number of benzene rings is 1. The Labute approximate surface area is 186 Å². The van der Waals surface area contributed by atoms with Crippen LogP contribution in [-0.4, -0.2) is 53.9 Å². The molecule has 3 aliphatic rings. The van der Waals surface area contributed by atoms with E-state index in [9.17, 15) is 9.59 Å².